The van der Waals surface area contributed by atoms with Gasteiger partial charge in [-0.3, -0.25) is 0 Å². The van der Waals surface area contributed by atoms with Gasteiger partial charge in [-0.05, 0) is 38.0 Å². The molecule has 1 N–H and O–H groups in total. The largest absolute Gasteiger partial charge is 0.417 e. The maximum Gasteiger partial charge on any atom is 0.417 e. The highest BCUT2D eigenvalue weighted by Gasteiger charge is 2.36. The molecule has 0 aliphatic heterocycles. The molecular formula is C22H24F9N5. The Labute approximate surface area is 202 Å². The van der Waals surface area contributed by atoms with Crippen molar-refractivity contribution in [2.24, 2.45) is 0 Å². The summed E-state index contributed by atoms with van der Waals surface area (Å²) in [7, 11) is 0. The minimum Gasteiger partial charge on any atom is -0.353 e. The van der Waals surface area contributed by atoms with Crippen molar-refractivity contribution >= 4 is 5.95 Å². The standard InChI is InChI=1S/C18H16F9N5.C2H6.C2H2/c1-10-6-13(18(25,26)27)8-29-14(10)32-9-30-15(31-32)28-5-3-4-12(17(22,23)24)7-11(2)16(19,20)21;2*1-2/h4,6-9H,3,5H2,1-2H3,(H,28,31);1-2H3;1-2H/b11-7+,12-4+;;. The van der Waals surface area contributed by atoms with Crippen molar-refractivity contribution in [3.63, 3.8) is 0 Å². The van der Waals surface area contributed by atoms with E-state index in [0.717, 1.165) is 17.1 Å². The lowest BCUT2D eigenvalue weighted by Crippen LogP contribution is -2.15. The first kappa shape index (κ1) is 32.5. The molecule has 0 radical (unpaired) electrons. The maximum atomic E-state index is 12.9. The van der Waals surface area contributed by atoms with Crippen LogP contribution in [0.3, 0.4) is 0 Å². The molecule has 14 heteroatoms. The lowest BCUT2D eigenvalue weighted by Gasteiger charge is -2.11. The van der Waals surface area contributed by atoms with Gasteiger partial charge in [-0.1, -0.05) is 19.9 Å². The molecule has 2 rings (SSSR count). The van der Waals surface area contributed by atoms with Crippen LogP contribution in [-0.4, -0.2) is 38.6 Å². The molecule has 0 spiro atoms. The molecule has 0 saturated carbocycles. The molecule has 0 atom stereocenters. The van der Waals surface area contributed by atoms with E-state index in [2.05, 4.69) is 33.2 Å². The Morgan fingerprint density at radius 2 is 1.58 bits per heavy atom. The van der Waals surface area contributed by atoms with E-state index in [1.54, 1.807) is 0 Å². The van der Waals surface area contributed by atoms with Crippen molar-refractivity contribution < 1.29 is 39.5 Å². The van der Waals surface area contributed by atoms with Crippen molar-refractivity contribution in [2.75, 3.05) is 11.9 Å². The normalized spacial score (nSPS) is 12.8. The first-order valence-corrected chi connectivity index (χ1v) is 10.1. The second-order valence-electron chi connectivity index (χ2n) is 6.57. The summed E-state index contributed by atoms with van der Waals surface area (Å²) in [6.45, 7) is 5.76. The number of nitrogens with zero attached hydrogens (tertiary/aromatic N) is 4. The third-order valence-electron chi connectivity index (χ3n) is 4.02. The van der Waals surface area contributed by atoms with Gasteiger partial charge in [0.15, 0.2) is 5.82 Å². The third kappa shape index (κ3) is 10.0. The van der Waals surface area contributed by atoms with Gasteiger partial charge in [0, 0.05) is 18.3 Å². The van der Waals surface area contributed by atoms with Crippen LogP contribution in [0.25, 0.3) is 5.82 Å². The summed E-state index contributed by atoms with van der Waals surface area (Å²) >= 11 is 0. The molecule has 0 unspecified atom stereocenters. The summed E-state index contributed by atoms with van der Waals surface area (Å²) in [6, 6.07) is 0.872. The summed E-state index contributed by atoms with van der Waals surface area (Å²) in [5, 5.41) is 6.50. The van der Waals surface area contributed by atoms with Gasteiger partial charge >= 0.3 is 18.5 Å². The Bertz CT molecular complexity index is 1040. The predicted octanol–water partition coefficient (Wildman–Crippen LogP) is 7.06. The number of hydrogen-bond acceptors (Lipinski definition) is 4. The number of halogens is 9. The summed E-state index contributed by atoms with van der Waals surface area (Å²) in [4.78, 5) is 7.53. The fraction of sp³-hybridized carbons (Fsp3) is 0.409. The highest BCUT2D eigenvalue weighted by atomic mass is 19.4. The first-order chi connectivity index (χ1) is 16.6. The van der Waals surface area contributed by atoms with Crippen molar-refractivity contribution in [1.29, 1.82) is 0 Å². The third-order valence-corrected chi connectivity index (χ3v) is 4.02. The Morgan fingerprint density at radius 3 is 2.06 bits per heavy atom. The second-order valence-corrected chi connectivity index (χ2v) is 6.57. The number of aryl methyl sites for hydroxylation is 1. The van der Waals surface area contributed by atoms with Crippen LogP contribution in [0.5, 0.6) is 0 Å². The molecule has 2 aromatic heterocycles. The molecule has 0 aliphatic rings. The Balaban J connectivity index is 0.00000291. The van der Waals surface area contributed by atoms with Crippen LogP contribution in [0.1, 0.15) is 38.3 Å². The van der Waals surface area contributed by atoms with E-state index < -0.39 is 35.2 Å². The van der Waals surface area contributed by atoms with Gasteiger partial charge in [0.05, 0.1) is 11.1 Å². The van der Waals surface area contributed by atoms with Crippen LogP contribution in [-0.2, 0) is 6.18 Å². The number of rotatable bonds is 6. The van der Waals surface area contributed by atoms with Gasteiger partial charge in [0.2, 0.25) is 5.95 Å². The van der Waals surface area contributed by atoms with E-state index in [9.17, 15) is 39.5 Å². The molecular weight excluding hydrogens is 505 g/mol. The molecule has 2 heterocycles. The van der Waals surface area contributed by atoms with Crippen molar-refractivity contribution in [3.05, 3.63) is 53.0 Å². The van der Waals surface area contributed by atoms with Crippen molar-refractivity contribution in [3.8, 4) is 18.7 Å². The maximum absolute atomic E-state index is 12.9. The molecule has 0 aliphatic carbocycles. The van der Waals surface area contributed by atoms with Gasteiger partial charge in [-0.2, -0.15) is 39.5 Å². The monoisotopic (exact) mass is 529 g/mol. The molecule has 36 heavy (non-hydrogen) atoms. The van der Waals surface area contributed by atoms with Crippen LogP contribution in [0.4, 0.5) is 45.5 Å². The van der Waals surface area contributed by atoms with Crippen LogP contribution in [0.15, 0.2) is 41.9 Å². The van der Waals surface area contributed by atoms with Crippen LogP contribution in [0, 0.1) is 19.8 Å². The van der Waals surface area contributed by atoms with Gasteiger partial charge in [0.25, 0.3) is 0 Å². The number of nitrogens with one attached hydrogen (secondary N) is 1. The molecule has 2 aromatic rings. The average Bonchev–Trinajstić information content (AvgIpc) is 3.25. The molecule has 0 amide bonds. The number of pyridine rings is 1. The van der Waals surface area contributed by atoms with Crippen molar-refractivity contribution in [1.82, 2.24) is 19.7 Å². The van der Waals surface area contributed by atoms with Gasteiger partial charge < -0.3 is 5.32 Å². The van der Waals surface area contributed by atoms with E-state index >= 15 is 0 Å². The Kier molecular flexibility index (Phi) is 12.2. The zero-order valence-electron chi connectivity index (χ0n) is 19.6. The van der Waals surface area contributed by atoms with Crippen molar-refractivity contribution in [2.45, 2.75) is 52.6 Å². The van der Waals surface area contributed by atoms with E-state index in [1.165, 1.54) is 6.92 Å². The minimum atomic E-state index is -4.97. The molecule has 0 bridgehead atoms. The summed E-state index contributed by atoms with van der Waals surface area (Å²) in [6.07, 6.45) is -4.35. The smallest absolute Gasteiger partial charge is 0.353 e. The zero-order chi connectivity index (χ0) is 28.3. The summed E-state index contributed by atoms with van der Waals surface area (Å²) < 4.78 is 116. The van der Waals surface area contributed by atoms with E-state index in [1.807, 2.05) is 13.8 Å². The van der Waals surface area contributed by atoms with Gasteiger partial charge in [-0.25, -0.2) is 14.6 Å². The molecule has 200 valence electrons. The Morgan fingerprint density at radius 1 is 1.00 bits per heavy atom. The van der Waals surface area contributed by atoms with E-state index in [-0.39, 0.29) is 36.4 Å². The van der Waals surface area contributed by atoms with Crippen LogP contribution < -0.4 is 5.32 Å². The zero-order valence-corrected chi connectivity index (χ0v) is 19.6. The number of terminal acetylenes is 1. The SMILES string of the molecule is C#C.C/C(=C\C(=C/CCNc1ncn(-c2ncc(C(F)(F)F)cc2C)n1)C(F)(F)F)C(F)(F)F.CC. The summed E-state index contributed by atoms with van der Waals surface area (Å²) in [5.41, 5.74) is -3.63. The number of allylic oxidation sites excluding steroid dienone is 3. The Hall–Kier alpha value is -3.50. The topological polar surface area (TPSA) is 55.6 Å². The summed E-state index contributed by atoms with van der Waals surface area (Å²) in [5.74, 6) is 0.000590. The lowest BCUT2D eigenvalue weighted by atomic mass is 10.1. The average molecular weight is 529 g/mol. The molecule has 0 fully saturated rings. The molecule has 5 nitrogen and oxygen atoms in total. The first-order valence-electron chi connectivity index (χ1n) is 10.1. The number of aromatic nitrogens is 4. The van der Waals surface area contributed by atoms with Gasteiger partial charge in [-0.15, -0.1) is 17.9 Å². The highest BCUT2D eigenvalue weighted by Crippen LogP contribution is 2.32. The lowest BCUT2D eigenvalue weighted by molar-refractivity contribution is -0.137. The highest BCUT2D eigenvalue weighted by molar-refractivity contribution is 5.36. The second kappa shape index (κ2) is 13.6. The van der Waals surface area contributed by atoms with E-state index in [4.69, 9.17) is 0 Å². The molecule has 0 saturated heterocycles. The fourth-order valence-corrected chi connectivity index (χ4v) is 2.39. The van der Waals surface area contributed by atoms with Crippen LogP contribution in [0.2, 0.25) is 0 Å². The number of hydrogen-bond donors (Lipinski definition) is 1. The fourth-order valence-electron chi connectivity index (χ4n) is 2.39. The van der Waals surface area contributed by atoms with Crippen LogP contribution >= 0.6 is 0 Å². The number of alkyl halides is 9. The predicted molar refractivity (Wildman–Crippen MR) is 117 cm³/mol. The number of anilines is 1. The van der Waals surface area contributed by atoms with E-state index in [0.29, 0.717) is 19.2 Å². The minimum absolute atomic E-state index is 0.0199. The quantitative estimate of drug-likeness (QED) is 0.188. The van der Waals surface area contributed by atoms with Gasteiger partial charge in [0.1, 0.15) is 6.33 Å². The molecule has 0 aromatic carbocycles.